The van der Waals surface area contributed by atoms with Gasteiger partial charge in [0.1, 0.15) is 24.8 Å². The van der Waals surface area contributed by atoms with E-state index in [1.807, 2.05) is 0 Å². The van der Waals surface area contributed by atoms with Gasteiger partial charge in [-0.15, -0.1) is 0 Å². The van der Waals surface area contributed by atoms with Crippen molar-refractivity contribution in [3.63, 3.8) is 0 Å². The molecular weight excluding hydrogens is 266 g/mol. The highest BCUT2D eigenvalue weighted by Gasteiger charge is 2.13. The Morgan fingerprint density at radius 1 is 0.800 bits per heavy atom. The molecule has 0 N–H and O–H groups in total. The molecule has 0 amide bonds. The van der Waals surface area contributed by atoms with Crippen molar-refractivity contribution in [2.45, 2.75) is 13.3 Å². The molecule has 0 atom stereocenters. The summed E-state index contributed by atoms with van der Waals surface area (Å²) in [4.78, 5) is 11.6. The van der Waals surface area contributed by atoms with E-state index in [-0.39, 0.29) is 22.6 Å². The maximum Gasteiger partial charge on any atom is 0.519 e. The highest BCUT2D eigenvalue weighted by atomic mass is 19.1. The first-order valence-corrected chi connectivity index (χ1v) is 5.92. The van der Waals surface area contributed by atoms with Crippen LogP contribution >= 0.6 is 0 Å². The SMILES string of the molecule is O=C(Oc1ccccc1CF)Oc1ccccc1CF. The summed E-state index contributed by atoms with van der Waals surface area (Å²) in [6.45, 7) is -1.52. The molecule has 0 heterocycles. The van der Waals surface area contributed by atoms with E-state index >= 15 is 0 Å². The van der Waals surface area contributed by atoms with Gasteiger partial charge in [-0.3, -0.25) is 0 Å². The molecule has 0 aromatic heterocycles. The van der Waals surface area contributed by atoms with Gasteiger partial charge in [0.15, 0.2) is 0 Å². The fraction of sp³-hybridized carbons (Fsp3) is 0.133. The Balaban J connectivity index is 2.09. The second-order valence-corrected chi connectivity index (χ2v) is 3.94. The van der Waals surface area contributed by atoms with Crippen molar-refractivity contribution in [1.82, 2.24) is 0 Å². The lowest BCUT2D eigenvalue weighted by Crippen LogP contribution is -2.15. The second-order valence-electron chi connectivity index (χ2n) is 3.94. The third-order valence-corrected chi connectivity index (χ3v) is 2.62. The minimum atomic E-state index is -1.04. The second kappa shape index (κ2) is 6.65. The van der Waals surface area contributed by atoms with Gasteiger partial charge in [0.05, 0.1) is 0 Å². The van der Waals surface area contributed by atoms with Crippen LogP contribution in [-0.4, -0.2) is 6.16 Å². The molecule has 3 nitrogen and oxygen atoms in total. The summed E-state index contributed by atoms with van der Waals surface area (Å²) in [6, 6.07) is 12.4. The number of carbonyl (C=O) groups excluding carboxylic acids is 1. The Morgan fingerprint density at radius 3 is 1.60 bits per heavy atom. The molecule has 0 aliphatic rings. The van der Waals surface area contributed by atoms with Crippen molar-refractivity contribution in [2.24, 2.45) is 0 Å². The monoisotopic (exact) mass is 278 g/mol. The van der Waals surface area contributed by atoms with Crippen LogP contribution in [0.2, 0.25) is 0 Å². The van der Waals surface area contributed by atoms with E-state index in [4.69, 9.17) is 9.47 Å². The summed E-state index contributed by atoms with van der Waals surface area (Å²) in [5.74, 6) is 0.162. The van der Waals surface area contributed by atoms with Crippen LogP contribution in [-0.2, 0) is 13.3 Å². The Labute approximate surface area is 114 Å². The van der Waals surface area contributed by atoms with Gasteiger partial charge in [-0.05, 0) is 12.1 Å². The molecule has 0 bridgehead atoms. The van der Waals surface area contributed by atoms with Gasteiger partial charge in [0, 0.05) is 11.1 Å². The zero-order chi connectivity index (χ0) is 14.4. The molecule has 2 aromatic rings. The number of para-hydroxylation sites is 2. The van der Waals surface area contributed by atoms with E-state index in [9.17, 15) is 13.6 Å². The zero-order valence-corrected chi connectivity index (χ0v) is 10.5. The molecule has 104 valence electrons. The van der Waals surface area contributed by atoms with Crippen LogP contribution in [0.4, 0.5) is 13.6 Å². The van der Waals surface area contributed by atoms with Crippen molar-refractivity contribution in [1.29, 1.82) is 0 Å². The van der Waals surface area contributed by atoms with Gasteiger partial charge >= 0.3 is 6.16 Å². The summed E-state index contributed by atoms with van der Waals surface area (Å²) < 4.78 is 35.2. The largest absolute Gasteiger partial charge is 0.519 e. The lowest BCUT2D eigenvalue weighted by molar-refractivity contribution is 0.150. The summed E-state index contributed by atoms with van der Waals surface area (Å²) >= 11 is 0. The van der Waals surface area contributed by atoms with Crippen LogP contribution in [0, 0.1) is 0 Å². The molecule has 0 saturated heterocycles. The molecule has 2 aromatic carbocycles. The molecule has 0 saturated carbocycles. The molecule has 0 aliphatic carbocycles. The predicted molar refractivity (Wildman–Crippen MR) is 69.2 cm³/mol. The number of hydrogen-bond acceptors (Lipinski definition) is 3. The summed E-state index contributed by atoms with van der Waals surface area (Å²) in [5.41, 5.74) is 0.478. The van der Waals surface area contributed by atoms with E-state index < -0.39 is 19.5 Å². The van der Waals surface area contributed by atoms with Crippen LogP contribution in [0.25, 0.3) is 0 Å². The summed E-state index contributed by atoms with van der Waals surface area (Å²) in [6.07, 6.45) is -1.04. The van der Waals surface area contributed by atoms with Gasteiger partial charge in [-0.1, -0.05) is 36.4 Å². The van der Waals surface area contributed by atoms with E-state index in [0.29, 0.717) is 0 Å². The molecule has 0 radical (unpaired) electrons. The number of rotatable bonds is 4. The number of benzene rings is 2. The maximum absolute atomic E-state index is 12.7. The van der Waals surface area contributed by atoms with Crippen molar-refractivity contribution in [2.75, 3.05) is 0 Å². The average Bonchev–Trinajstić information content (AvgIpc) is 2.48. The first-order valence-electron chi connectivity index (χ1n) is 5.92. The van der Waals surface area contributed by atoms with Crippen molar-refractivity contribution >= 4 is 6.16 Å². The third kappa shape index (κ3) is 3.32. The first-order chi connectivity index (χ1) is 9.74. The third-order valence-electron chi connectivity index (χ3n) is 2.62. The molecular formula is C15H12F2O3. The molecule has 2 rings (SSSR count). The minimum absolute atomic E-state index is 0.0812. The fourth-order valence-corrected chi connectivity index (χ4v) is 1.63. The Morgan fingerprint density at radius 2 is 1.20 bits per heavy atom. The van der Waals surface area contributed by atoms with Crippen LogP contribution in [0.1, 0.15) is 11.1 Å². The molecule has 5 heteroatoms. The molecule has 0 aliphatic heterocycles. The zero-order valence-electron chi connectivity index (χ0n) is 10.5. The topological polar surface area (TPSA) is 35.5 Å². The highest BCUT2D eigenvalue weighted by Crippen LogP contribution is 2.22. The van der Waals surface area contributed by atoms with E-state index in [1.165, 1.54) is 24.3 Å². The van der Waals surface area contributed by atoms with Crippen molar-refractivity contribution in [3.05, 3.63) is 59.7 Å². The van der Waals surface area contributed by atoms with E-state index in [2.05, 4.69) is 0 Å². The average molecular weight is 278 g/mol. The normalized spacial score (nSPS) is 10.1. The van der Waals surface area contributed by atoms with Crippen LogP contribution < -0.4 is 9.47 Å². The molecule has 20 heavy (non-hydrogen) atoms. The standard InChI is InChI=1S/C15H12F2O3/c16-9-11-5-1-3-7-13(11)19-15(18)20-14-8-4-2-6-12(14)10-17/h1-8H,9-10H2. The predicted octanol–water partition coefficient (Wildman–Crippen LogP) is 4.20. The van der Waals surface area contributed by atoms with Crippen molar-refractivity contribution in [3.8, 4) is 11.5 Å². The number of hydrogen-bond donors (Lipinski definition) is 0. The number of alkyl halides is 2. The Hall–Kier alpha value is -2.43. The van der Waals surface area contributed by atoms with Crippen molar-refractivity contribution < 1.29 is 23.0 Å². The Bertz CT molecular complexity index is 548. The van der Waals surface area contributed by atoms with Gasteiger partial charge in [-0.25, -0.2) is 13.6 Å². The lowest BCUT2D eigenvalue weighted by atomic mass is 10.2. The van der Waals surface area contributed by atoms with Gasteiger partial charge in [0.2, 0.25) is 0 Å². The molecule has 0 spiro atoms. The van der Waals surface area contributed by atoms with Gasteiger partial charge in [0.25, 0.3) is 0 Å². The first kappa shape index (κ1) is 14.0. The van der Waals surface area contributed by atoms with E-state index in [0.717, 1.165) is 0 Å². The maximum atomic E-state index is 12.7. The number of ether oxygens (including phenoxy) is 2. The highest BCUT2D eigenvalue weighted by molar-refractivity contribution is 5.68. The Kier molecular flexibility index (Phi) is 4.65. The summed E-state index contributed by atoms with van der Waals surface area (Å²) in [5, 5.41) is 0. The summed E-state index contributed by atoms with van der Waals surface area (Å²) in [7, 11) is 0. The number of carbonyl (C=O) groups is 1. The number of halogens is 2. The molecule has 0 fully saturated rings. The lowest BCUT2D eigenvalue weighted by Gasteiger charge is -2.09. The smallest absolute Gasteiger partial charge is 0.394 e. The van der Waals surface area contributed by atoms with Crippen LogP contribution in [0.15, 0.2) is 48.5 Å². The van der Waals surface area contributed by atoms with Gasteiger partial charge < -0.3 is 9.47 Å². The van der Waals surface area contributed by atoms with Crippen LogP contribution in [0.3, 0.4) is 0 Å². The minimum Gasteiger partial charge on any atom is -0.394 e. The fourth-order valence-electron chi connectivity index (χ4n) is 1.63. The quantitative estimate of drug-likeness (QED) is 0.621. The van der Waals surface area contributed by atoms with Crippen LogP contribution in [0.5, 0.6) is 11.5 Å². The van der Waals surface area contributed by atoms with E-state index in [1.54, 1.807) is 24.3 Å². The molecule has 0 unspecified atom stereocenters. The van der Waals surface area contributed by atoms with Gasteiger partial charge in [-0.2, -0.15) is 0 Å².